The molecule has 1 aromatic carbocycles. The standard InChI is InChI=1S/C23H25ClF4N4O2/c1-14-11-16(23(26,27)28)12-21(30-14)32-9-3-5-20(32)22(34)31(10-4-8-29-15(2)33)17-6-7-19(25)18(24)13-17/h6-7,11-13,20H,3-5,8-10H2,1-2H3,(H,29,33)/t20-/m0/s1. The molecule has 0 spiro atoms. The second kappa shape index (κ2) is 10.6. The lowest BCUT2D eigenvalue weighted by molar-refractivity contribution is -0.137. The van der Waals surface area contributed by atoms with Crippen LogP contribution in [0, 0.1) is 12.7 Å². The molecule has 1 atom stereocenters. The Balaban J connectivity index is 1.90. The Kier molecular flexibility index (Phi) is 8.01. The summed E-state index contributed by atoms with van der Waals surface area (Å²) in [4.78, 5) is 32.1. The summed E-state index contributed by atoms with van der Waals surface area (Å²) in [5.41, 5.74) is -0.273. The number of benzene rings is 1. The monoisotopic (exact) mass is 500 g/mol. The van der Waals surface area contributed by atoms with Crippen LogP contribution >= 0.6 is 11.6 Å². The van der Waals surface area contributed by atoms with Gasteiger partial charge in [-0.25, -0.2) is 9.37 Å². The molecule has 6 nitrogen and oxygen atoms in total. The molecule has 1 aromatic heterocycles. The molecule has 0 radical (unpaired) electrons. The number of aromatic nitrogens is 1. The molecule has 1 fully saturated rings. The lowest BCUT2D eigenvalue weighted by atomic mass is 10.1. The third kappa shape index (κ3) is 6.16. The Morgan fingerprint density at radius 3 is 2.65 bits per heavy atom. The van der Waals surface area contributed by atoms with Crippen molar-refractivity contribution in [3.63, 3.8) is 0 Å². The van der Waals surface area contributed by atoms with Gasteiger partial charge in [-0.1, -0.05) is 11.6 Å². The van der Waals surface area contributed by atoms with Gasteiger partial charge in [-0.05, 0) is 56.5 Å². The van der Waals surface area contributed by atoms with Gasteiger partial charge in [0.25, 0.3) is 0 Å². The molecule has 3 rings (SSSR count). The average molecular weight is 501 g/mol. The zero-order valence-corrected chi connectivity index (χ0v) is 19.5. The van der Waals surface area contributed by atoms with E-state index in [1.165, 1.54) is 30.9 Å². The largest absolute Gasteiger partial charge is 0.416 e. The minimum Gasteiger partial charge on any atom is -0.356 e. The molecule has 0 aliphatic carbocycles. The van der Waals surface area contributed by atoms with Crippen LogP contribution in [0.1, 0.15) is 37.4 Å². The maximum Gasteiger partial charge on any atom is 0.416 e. The zero-order valence-electron chi connectivity index (χ0n) is 18.8. The van der Waals surface area contributed by atoms with E-state index in [4.69, 9.17) is 11.6 Å². The van der Waals surface area contributed by atoms with Crippen LogP contribution in [-0.2, 0) is 15.8 Å². The molecule has 2 amide bonds. The number of hydrogen-bond acceptors (Lipinski definition) is 4. The van der Waals surface area contributed by atoms with Crippen molar-refractivity contribution in [1.29, 1.82) is 0 Å². The number of nitrogens with one attached hydrogen (secondary N) is 1. The van der Waals surface area contributed by atoms with Crippen molar-refractivity contribution in [2.75, 3.05) is 29.4 Å². The van der Waals surface area contributed by atoms with Crippen molar-refractivity contribution in [3.05, 3.63) is 52.4 Å². The van der Waals surface area contributed by atoms with Crippen LogP contribution in [0.5, 0.6) is 0 Å². The predicted octanol–water partition coefficient (Wildman–Crippen LogP) is 4.73. The molecule has 0 unspecified atom stereocenters. The van der Waals surface area contributed by atoms with E-state index in [-0.39, 0.29) is 34.9 Å². The summed E-state index contributed by atoms with van der Waals surface area (Å²) >= 11 is 5.93. The first-order chi connectivity index (χ1) is 16.0. The molecule has 1 aliphatic rings. The Bertz CT molecular complexity index is 1060. The van der Waals surface area contributed by atoms with Crippen LogP contribution in [0.4, 0.5) is 29.1 Å². The van der Waals surface area contributed by atoms with Gasteiger partial charge >= 0.3 is 6.18 Å². The average Bonchev–Trinajstić information content (AvgIpc) is 3.24. The normalized spacial score (nSPS) is 16.0. The van der Waals surface area contributed by atoms with Crippen LogP contribution in [0.15, 0.2) is 30.3 Å². The summed E-state index contributed by atoms with van der Waals surface area (Å²) in [5, 5.41) is 2.50. The molecule has 0 bridgehead atoms. The highest BCUT2D eigenvalue weighted by Crippen LogP contribution is 2.34. The number of nitrogens with zero attached hydrogens (tertiary/aromatic N) is 3. The fraction of sp³-hybridized carbons (Fsp3) is 0.435. The molecule has 11 heteroatoms. The van der Waals surface area contributed by atoms with Gasteiger partial charge in [0.05, 0.1) is 10.6 Å². The number of halogens is 5. The van der Waals surface area contributed by atoms with Gasteiger partial charge in [0, 0.05) is 37.9 Å². The quantitative estimate of drug-likeness (QED) is 0.441. The highest BCUT2D eigenvalue weighted by molar-refractivity contribution is 6.31. The fourth-order valence-electron chi connectivity index (χ4n) is 3.96. The summed E-state index contributed by atoms with van der Waals surface area (Å²) in [6.45, 7) is 3.73. The topological polar surface area (TPSA) is 65.5 Å². The number of amides is 2. The molecule has 0 saturated carbocycles. The summed E-state index contributed by atoms with van der Waals surface area (Å²) in [6, 6.07) is 5.07. The van der Waals surface area contributed by atoms with E-state index in [0.29, 0.717) is 38.0 Å². The number of rotatable bonds is 7. The van der Waals surface area contributed by atoms with Gasteiger partial charge in [0.2, 0.25) is 11.8 Å². The fourth-order valence-corrected chi connectivity index (χ4v) is 4.14. The lowest BCUT2D eigenvalue weighted by Gasteiger charge is -2.31. The van der Waals surface area contributed by atoms with E-state index in [0.717, 1.165) is 18.2 Å². The lowest BCUT2D eigenvalue weighted by Crippen LogP contribution is -2.47. The van der Waals surface area contributed by atoms with Crippen LogP contribution < -0.4 is 15.1 Å². The van der Waals surface area contributed by atoms with E-state index >= 15 is 0 Å². The number of carbonyl (C=O) groups excluding carboxylic acids is 2. The van der Waals surface area contributed by atoms with E-state index in [9.17, 15) is 27.2 Å². The summed E-state index contributed by atoms with van der Waals surface area (Å²) < 4.78 is 53.8. The first-order valence-corrected chi connectivity index (χ1v) is 11.2. The number of hydrogen-bond donors (Lipinski definition) is 1. The van der Waals surface area contributed by atoms with Crippen molar-refractivity contribution in [3.8, 4) is 0 Å². The third-order valence-corrected chi connectivity index (χ3v) is 5.80. The maximum atomic E-state index is 13.7. The van der Waals surface area contributed by atoms with Crippen LogP contribution in [-0.4, -0.2) is 42.5 Å². The van der Waals surface area contributed by atoms with Gasteiger partial charge in [0.15, 0.2) is 0 Å². The number of anilines is 2. The molecule has 1 saturated heterocycles. The second-order valence-corrected chi connectivity index (χ2v) is 8.54. The predicted molar refractivity (Wildman–Crippen MR) is 121 cm³/mol. The molecule has 1 aliphatic heterocycles. The van der Waals surface area contributed by atoms with E-state index < -0.39 is 23.6 Å². The minimum atomic E-state index is -4.54. The molecule has 2 heterocycles. The van der Waals surface area contributed by atoms with Crippen molar-refractivity contribution in [2.24, 2.45) is 0 Å². The van der Waals surface area contributed by atoms with Crippen molar-refractivity contribution < 1.29 is 27.2 Å². The molecule has 2 aromatic rings. The molecular weight excluding hydrogens is 476 g/mol. The summed E-state index contributed by atoms with van der Waals surface area (Å²) in [6.07, 6.45) is -3.11. The van der Waals surface area contributed by atoms with E-state index in [1.807, 2.05) is 0 Å². The number of carbonyl (C=O) groups is 2. The Morgan fingerprint density at radius 2 is 2.00 bits per heavy atom. The van der Waals surface area contributed by atoms with Crippen LogP contribution in [0.2, 0.25) is 5.02 Å². The molecule has 1 N–H and O–H groups in total. The van der Waals surface area contributed by atoms with E-state index in [1.54, 1.807) is 4.90 Å². The maximum absolute atomic E-state index is 13.7. The molecule has 34 heavy (non-hydrogen) atoms. The second-order valence-electron chi connectivity index (χ2n) is 8.13. The summed E-state index contributed by atoms with van der Waals surface area (Å²) in [7, 11) is 0. The Morgan fingerprint density at radius 1 is 1.26 bits per heavy atom. The van der Waals surface area contributed by atoms with Crippen molar-refractivity contribution in [1.82, 2.24) is 10.3 Å². The third-order valence-electron chi connectivity index (χ3n) is 5.51. The van der Waals surface area contributed by atoms with Crippen molar-refractivity contribution in [2.45, 2.75) is 45.3 Å². The number of pyridine rings is 1. The van der Waals surface area contributed by atoms with Gasteiger partial charge < -0.3 is 15.1 Å². The van der Waals surface area contributed by atoms with Gasteiger partial charge in [0.1, 0.15) is 17.7 Å². The van der Waals surface area contributed by atoms with Gasteiger partial charge in [-0.3, -0.25) is 9.59 Å². The molecular formula is C23H25ClF4N4O2. The number of alkyl halides is 3. The smallest absolute Gasteiger partial charge is 0.356 e. The molecule has 184 valence electrons. The Hall–Kier alpha value is -2.88. The summed E-state index contributed by atoms with van der Waals surface area (Å²) in [5.74, 6) is -1.13. The zero-order chi connectivity index (χ0) is 25.0. The van der Waals surface area contributed by atoms with Crippen LogP contribution in [0.25, 0.3) is 0 Å². The SMILES string of the molecule is CC(=O)NCCCN(C(=O)[C@@H]1CCCN1c1cc(C(F)(F)F)cc(C)n1)c1ccc(F)c(Cl)c1. The van der Waals surface area contributed by atoms with E-state index in [2.05, 4.69) is 10.3 Å². The Labute approximate surface area is 199 Å². The van der Waals surface area contributed by atoms with Gasteiger partial charge in [-0.2, -0.15) is 13.2 Å². The first-order valence-electron chi connectivity index (χ1n) is 10.8. The highest BCUT2D eigenvalue weighted by atomic mass is 35.5. The minimum absolute atomic E-state index is 0.0820. The number of aryl methyl sites for hydroxylation is 1. The first kappa shape index (κ1) is 25.7. The van der Waals surface area contributed by atoms with Gasteiger partial charge in [-0.15, -0.1) is 0 Å². The van der Waals surface area contributed by atoms with Crippen LogP contribution in [0.3, 0.4) is 0 Å². The highest BCUT2D eigenvalue weighted by Gasteiger charge is 2.37. The van der Waals surface area contributed by atoms with Crippen molar-refractivity contribution >= 4 is 34.9 Å².